The van der Waals surface area contributed by atoms with Gasteiger partial charge in [-0.2, -0.15) is 0 Å². The predicted molar refractivity (Wildman–Crippen MR) is 104 cm³/mol. The van der Waals surface area contributed by atoms with Crippen molar-refractivity contribution in [1.29, 1.82) is 0 Å². The lowest BCUT2D eigenvalue weighted by Gasteiger charge is -2.23. The van der Waals surface area contributed by atoms with Crippen molar-refractivity contribution < 1.29 is 19.4 Å². The highest BCUT2D eigenvalue weighted by molar-refractivity contribution is 6.08. The Kier molecular flexibility index (Phi) is 5.15. The number of ketones is 1. The molecule has 1 amide bonds. The van der Waals surface area contributed by atoms with E-state index in [1.807, 2.05) is 43.3 Å². The van der Waals surface area contributed by atoms with Crippen molar-refractivity contribution >= 4 is 17.4 Å². The van der Waals surface area contributed by atoms with Gasteiger partial charge in [-0.05, 0) is 26.0 Å². The van der Waals surface area contributed by atoms with Crippen LogP contribution in [0.15, 0.2) is 55.1 Å². The minimum absolute atomic E-state index is 0.239. The van der Waals surface area contributed by atoms with E-state index in [1.54, 1.807) is 12.1 Å². The first-order chi connectivity index (χ1) is 12.9. The van der Waals surface area contributed by atoms with Crippen LogP contribution >= 0.6 is 0 Å². The summed E-state index contributed by atoms with van der Waals surface area (Å²) in [5.74, 6) is -0.0763. The molecule has 0 bridgehead atoms. The number of hydrogen-bond donors (Lipinski definition) is 1. The van der Waals surface area contributed by atoms with Gasteiger partial charge in [0, 0.05) is 17.5 Å². The van der Waals surface area contributed by atoms with Crippen molar-refractivity contribution in [2.45, 2.75) is 32.4 Å². The first-order valence-corrected chi connectivity index (χ1v) is 8.83. The third kappa shape index (κ3) is 3.51. The van der Waals surface area contributed by atoms with Crippen molar-refractivity contribution in [2.24, 2.45) is 0 Å². The molecule has 0 radical (unpaired) electrons. The first kappa shape index (κ1) is 18.9. The number of aliphatic hydroxyl groups is 1. The maximum atomic E-state index is 13.1. The second-order valence-corrected chi connectivity index (χ2v) is 6.86. The molecule has 1 N–H and O–H groups in total. The van der Waals surface area contributed by atoms with Gasteiger partial charge in [-0.3, -0.25) is 9.59 Å². The van der Waals surface area contributed by atoms with Gasteiger partial charge in [-0.25, -0.2) is 0 Å². The van der Waals surface area contributed by atoms with Crippen LogP contribution in [0.1, 0.15) is 30.0 Å². The van der Waals surface area contributed by atoms with Crippen molar-refractivity contribution in [3.8, 4) is 5.75 Å². The average molecular weight is 365 g/mol. The molecule has 1 heterocycles. The van der Waals surface area contributed by atoms with Crippen LogP contribution in [-0.4, -0.2) is 23.4 Å². The first-order valence-electron chi connectivity index (χ1n) is 8.83. The number of fused-ring (bicyclic) bond motifs is 1. The standard InChI is InChI=1S/C22H23NO4/c1-4-11-27-20-8-6-5-7-17(20)14-23-19-10-9-15(2)12-18(19)22(26,21(23)25)13-16(3)24/h4-10,12,26H,1,11,13-14H2,2-3H3. The minimum Gasteiger partial charge on any atom is -0.489 e. The molecule has 5 nitrogen and oxygen atoms in total. The molecule has 27 heavy (non-hydrogen) atoms. The van der Waals surface area contributed by atoms with E-state index in [2.05, 4.69) is 6.58 Å². The van der Waals surface area contributed by atoms with Crippen LogP contribution in [0.5, 0.6) is 5.75 Å². The second kappa shape index (κ2) is 7.37. The van der Waals surface area contributed by atoms with Gasteiger partial charge < -0.3 is 14.7 Å². The highest BCUT2D eigenvalue weighted by atomic mass is 16.5. The quantitative estimate of drug-likeness (QED) is 0.765. The van der Waals surface area contributed by atoms with E-state index in [1.165, 1.54) is 11.8 Å². The number of para-hydroxylation sites is 1. The molecule has 2 aromatic rings. The number of carbonyl (C=O) groups is 2. The van der Waals surface area contributed by atoms with Crippen LogP contribution in [0.3, 0.4) is 0 Å². The zero-order chi connectivity index (χ0) is 19.6. The van der Waals surface area contributed by atoms with Gasteiger partial charge in [0.15, 0.2) is 5.60 Å². The van der Waals surface area contributed by atoms with E-state index in [0.29, 0.717) is 23.6 Å². The Hall–Kier alpha value is -2.92. The van der Waals surface area contributed by atoms with Gasteiger partial charge in [0.25, 0.3) is 5.91 Å². The maximum Gasteiger partial charge on any atom is 0.264 e. The number of amides is 1. The predicted octanol–water partition coefficient (Wildman–Crippen LogP) is 3.27. The molecule has 140 valence electrons. The molecule has 1 atom stereocenters. The van der Waals surface area contributed by atoms with Crippen molar-refractivity contribution in [3.63, 3.8) is 0 Å². The van der Waals surface area contributed by atoms with Crippen LogP contribution in [0.25, 0.3) is 0 Å². The third-order valence-electron chi connectivity index (χ3n) is 4.65. The lowest BCUT2D eigenvalue weighted by Crippen LogP contribution is -2.41. The molecule has 0 saturated carbocycles. The number of rotatable bonds is 7. The van der Waals surface area contributed by atoms with Gasteiger partial charge in [0.2, 0.25) is 0 Å². The van der Waals surface area contributed by atoms with E-state index >= 15 is 0 Å². The lowest BCUT2D eigenvalue weighted by molar-refractivity contribution is -0.141. The van der Waals surface area contributed by atoms with Crippen LogP contribution in [0.4, 0.5) is 5.69 Å². The van der Waals surface area contributed by atoms with Gasteiger partial charge in [0.1, 0.15) is 18.1 Å². The topological polar surface area (TPSA) is 66.8 Å². The smallest absolute Gasteiger partial charge is 0.264 e. The number of nitrogens with zero attached hydrogens (tertiary/aromatic N) is 1. The molecule has 3 rings (SSSR count). The molecule has 0 fully saturated rings. The van der Waals surface area contributed by atoms with Gasteiger partial charge in [0.05, 0.1) is 12.2 Å². The van der Waals surface area contributed by atoms with Crippen LogP contribution in [-0.2, 0) is 21.7 Å². The Bertz CT molecular complexity index is 905. The fourth-order valence-electron chi connectivity index (χ4n) is 3.45. The molecular weight excluding hydrogens is 342 g/mol. The summed E-state index contributed by atoms with van der Waals surface area (Å²) in [6, 6.07) is 12.9. The largest absolute Gasteiger partial charge is 0.489 e. The fourth-order valence-corrected chi connectivity index (χ4v) is 3.45. The number of ether oxygens (including phenoxy) is 1. The molecular formula is C22H23NO4. The molecule has 1 aliphatic heterocycles. The number of Topliss-reactive ketones (excluding diaryl/α,β-unsaturated/α-hetero) is 1. The summed E-state index contributed by atoms with van der Waals surface area (Å²) in [6.07, 6.45) is 1.41. The summed E-state index contributed by atoms with van der Waals surface area (Å²) in [6.45, 7) is 7.51. The lowest BCUT2D eigenvalue weighted by atomic mass is 9.89. The number of benzene rings is 2. The van der Waals surface area contributed by atoms with E-state index in [4.69, 9.17) is 4.74 Å². The third-order valence-corrected chi connectivity index (χ3v) is 4.65. The summed E-state index contributed by atoms with van der Waals surface area (Å²) in [4.78, 5) is 26.4. The average Bonchev–Trinajstić information content (AvgIpc) is 2.82. The summed E-state index contributed by atoms with van der Waals surface area (Å²) in [7, 11) is 0. The summed E-state index contributed by atoms with van der Waals surface area (Å²) in [5.41, 5.74) is 0.996. The molecule has 2 aromatic carbocycles. The highest BCUT2D eigenvalue weighted by Crippen LogP contribution is 2.44. The van der Waals surface area contributed by atoms with E-state index < -0.39 is 11.5 Å². The Morgan fingerprint density at radius 1 is 1.30 bits per heavy atom. The van der Waals surface area contributed by atoms with E-state index in [9.17, 15) is 14.7 Å². The van der Waals surface area contributed by atoms with Gasteiger partial charge >= 0.3 is 0 Å². The molecule has 0 aliphatic carbocycles. The summed E-state index contributed by atoms with van der Waals surface area (Å²) >= 11 is 0. The van der Waals surface area contributed by atoms with Gasteiger partial charge in [-0.1, -0.05) is 48.6 Å². The number of carbonyl (C=O) groups excluding carboxylic acids is 2. The fraction of sp³-hybridized carbons (Fsp3) is 0.273. The Morgan fingerprint density at radius 2 is 2.04 bits per heavy atom. The number of anilines is 1. The molecule has 0 spiro atoms. The second-order valence-electron chi connectivity index (χ2n) is 6.86. The van der Waals surface area contributed by atoms with Crippen molar-refractivity contribution in [3.05, 3.63) is 71.8 Å². The summed E-state index contributed by atoms with van der Waals surface area (Å²) in [5, 5.41) is 11.1. The summed E-state index contributed by atoms with van der Waals surface area (Å²) < 4.78 is 5.68. The van der Waals surface area contributed by atoms with Crippen LogP contribution < -0.4 is 9.64 Å². The Labute approximate surface area is 158 Å². The van der Waals surface area contributed by atoms with Crippen LogP contribution in [0, 0.1) is 6.92 Å². The Morgan fingerprint density at radius 3 is 2.74 bits per heavy atom. The maximum absolute atomic E-state index is 13.1. The van der Waals surface area contributed by atoms with E-state index in [0.717, 1.165) is 11.1 Å². The number of aryl methyl sites for hydroxylation is 1. The minimum atomic E-state index is -1.83. The van der Waals surface area contributed by atoms with Crippen LogP contribution in [0.2, 0.25) is 0 Å². The number of hydrogen-bond acceptors (Lipinski definition) is 4. The van der Waals surface area contributed by atoms with Crippen molar-refractivity contribution in [1.82, 2.24) is 0 Å². The molecule has 5 heteroatoms. The van der Waals surface area contributed by atoms with Crippen molar-refractivity contribution in [2.75, 3.05) is 11.5 Å². The normalized spacial score (nSPS) is 18.3. The molecule has 0 saturated heterocycles. The molecule has 1 aliphatic rings. The zero-order valence-corrected chi connectivity index (χ0v) is 15.6. The highest BCUT2D eigenvalue weighted by Gasteiger charge is 2.50. The zero-order valence-electron chi connectivity index (χ0n) is 15.6. The molecule has 0 aromatic heterocycles. The molecule has 1 unspecified atom stereocenters. The Balaban J connectivity index is 2.02. The van der Waals surface area contributed by atoms with E-state index in [-0.39, 0.29) is 18.7 Å². The van der Waals surface area contributed by atoms with Gasteiger partial charge in [-0.15, -0.1) is 0 Å². The SMILES string of the molecule is C=CCOc1ccccc1CN1C(=O)C(O)(CC(C)=O)c2cc(C)ccc21. The monoisotopic (exact) mass is 365 g/mol.